The molecule has 150 valence electrons. The molecule has 0 aromatic heterocycles. The van der Waals surface area contributed by atoms with Gasteiger partial charge in [0, 0.05) is 6.04 Å². The maximum Gasteiger partial charge on any atom is 0.326 e. The molecule has 2 atom stereocenters. The van der Waals surface area contributed by atoms with Crippen molar-refractivity contribution in [2.45, 2.75) is 82.8 Å². The Labute approximate surface area is 166 Å². The van der Waals surface area contributed by atoms with Crippen LogP contribution in [0.15, 0.2) is 18.2 Å². The molecule has 2 aliphatic carbocycles. The predicted molar refractivity (Wildman–Crippen MR) is 106 cm³/mol. The van der Waals surface area contributed by atoms with E-state index < -0.39 is 17.6 Å². The molecule has 2 fully saturated rings. The Kier molecular flexibility index (Phi) is 4.89. The highest BCUT2D eigenvalue weighted by molar-refractivity contribution is 6.10. The molecule has 0 bridgehead atoms. The molecule has 4 amide bonds. The summed E-state index contributed by atoms with van der Waals surface area (Å²) < 4.78 is 0. The molecule has 2 N–H and O–H groups in total. The number of carbonyl (C=O) groups is 3. The van der Waals surface area contributed by atoms with E-state index in [1.165, 1.54) is 17.5 Å². The van der Waals surface area contributed by atoms with Gasteiger partial charge in [0.25, 0.3) is 5.91 Å². The van der Waals surface area contributed by atoms with Gasteiger partial charge in [-0.2, -0.15) is 0 Å². The number of rotatable bonds is 4. The van der Waals surface area contributed by atoms with E-state index in [1.807, 2.05) is 12.1 Å². The van der Waals surface area contributed by atoms with Gasteiger partial charge in [-0.05, 0) is 62.6 Å². The minimum absolute atomic E-state index is 0.146. The number of benzene rings is 1. The summed E-state index contributed by atoms with van der Waals surface area (Å²) in [5, 5.41) is 5.86. The standard InChI is InChI=1S/C22H29N3O3/c1-14(19(26)23-18-9-4-3-5-10-18)25-20(27)22(2,24-21(25)28)17-12-11-15-7-6-8-16(15)13-17/h11-14,18H,3-10H2,1-2H3,(H,23,26)(H,24,28)/t14-,22+/m0/s1. The average Bonchev–Trinajstić information content (AvgIpc) is 3.24. The van der Waals surface area contributed by atoms with Crippen LogP contribution in [-0.4, -0.2) is 34.8 Å². The van der Waals surface area contributed by atoms with Gasteiger partial charge in [-0.15, -0.1) is 0 Å². The Bertz CT molecular complexity index is 815. The van der Waals surface area contributed by atoms with Crippen molar-refractivity contribution >= 4 is 17.8 Å². The van der Waals surface area contributed by atoms with Crippen LogP contribution in [-0.2, 0) is 28.0 Å². The molecule has 6 heteroatoms. The Hall–Kier alpha value is -2.37. The Morgan fingerprint density at radius 1 is 1.14 bits per heavy atom. The van der Waals surface area contributed by atoms with Crippen LogP contribution in [0.2, 0.25) is 0 Å². The van der Waals surface area contributed by atoms with Crippen LogP contribution in [0, 0.1) is 0 Å². The molecule has 6 nitrogen and oxygen atoms in total. The summed E-state index contributed by atoms with van der Waals surface area (Å²) in [4.78, 5) is 39.7. The predicted octanol–water partition coefficient (Wildman–Crippen LogP) is 2.78. The fraction of sp³-hybridized carbons (Fsp3) is 0.591. The minimum Gasteiger partial charge on any atom is -0.352 e. The minimum atomic E-state index is -1.13. The number of carbonyl (C=O) groups excluding carboxylic acids is 3. The topological polar surface area (TPSA) is 78.5 Å². The third kappa shape index (κ3) is 3.19. The van der Waals surface area contributed by atoms with E-state index in [1.54, 1.807) is 13.8 Å². The summed E-state index contributed by atoms with van der Waals surface area (Å²) in [5.74, 6) is -0.615. The van der Waals surface area contributed by atoms with Crippen LogP contribution in [0.1, 0.15) is 69.1 Å². The van der Waals surface area contributed by atoms with Gasteiger partial charge >= 0.3 is 6.03 Å². The third-order valence-electron chi connectivity index (χ3n) is 6.62. The van der Waals surface area contributed by atoms with E-state index in [4.69, 9.17) is 0 Å². The summed E-state index contributed by atoms with van der Waals surface area (Å²) in [6.07, 6.45) is 8.55. The van der Waals surface area contributed by atoms with Gasteiger partial charge in [0.1, 0.15) is 11.6 Å². The zero-order valence-electron chi connectivity index (χ0n) is 16.7. The lowest BCUT2D eigenvalue weighted by Gasteiger charge is -2.28. The second kappa shape index (κ2) is 7.22. The number of amides is 4. The van der Waals surface area contributed by atoms with Crippen molar-refractivity contribution in [1.29, 1.82) is 0 Å². The molecule has 1 saturated heterocycles. The molecule has 28 heavy (non-hydrogen) atoms. The molecular weight excluding hydrogens is 354 g/mol. The lowest BCUT2D eigenvalue weighted by molar-refractivity contribution is -0.138. The molecule has 0 radical (unpaired) electrons. The zero-order valence-corrected chi connectivity index (χ0v) is 16.7. The number of nitrogens with zero attached hydrogens (tertiary/aromatic N) is 1. The molecule has 1 aromatic carbocycles. The van der Waals surface area contributed by atoms with Gasteiger partial charge in [0.05, 0.1) is 0 Å². The maximum atomic E-state index is 13.2. The highest BCUT2D eigenvalue weighted by atomic mass is 16.2. The van der Waals surface area contributed by atoms with Crippen molar-refractivity contribution in [3.8, 4) is 0 Å². The van der Waals surface area contributed by atoms with Crippen molar-refractivity contribution in [2.24, 2.45) is 0 Å². The van der Waals surface area contributed by atoms with Gasteiger partial charge in [-0.3, -0.25) is 9.59 Å². The first-order chi connectivity index (χ1) is 13.4. The lowest BCUT2D eigenvalue weighted by Crippen LogP contribution is -2.51. The lowest BCUT2D eigenvalue weighted by atomic mass is 9.89. The summed E-state index contributed by atoms with van der Waals surface area (Å²) in [6.45, 7) is 3.36. The monoisotopic (exact) mass is 383 g/mol. The number of hydrogen-bond donors (Lipinski definition) is 2. The van der Waals surface area contributed by atoms with E-state index in [-0.39, 0.29) is 17.9 Å². The number of nitrogens with one attached hydrogen (secondary N) is 2. The fourth-order valence-corrected chi connectivity index (χ4v) is 4.78. The number of aryl methyl sites for hydroxylation is 2. The normalized spacial score (nSPS) is 26.1. The van der Waals surface area contributed by atoms with Crippen LogP contribution < -0.4 is 10.6 Å². The number of fused-ring (bicyclic) bond motifs is 1. The number of hydrogen-bond acceptors (Lipinski definition) is 3. The Morgan fingerprint density at radius 3 is 2.61 bits per heavy atom. The zero-order chi connectivity index (χ0) is 19.9. The highest BCUT2D eigenvalue weighted by Gasteiger charge is 2.52. The van der Waals surface area contributed by atoms with Crippen LogP contribution in [0.5, 0.6) is 0 Å². The van der Waals surface area contributed by atoms with Crippen LogP contribution in [0.3, 0.4) is 0 Å². The first-order valence-electron chi connectivity index (χ1n) is 10.5. The fourth-order valence-electron chi connectivity index (χ4n) is 4.78. The summed E-state index contributed by atoms with van der Waals surface area (Å²) >= 11 is 0. The first-order valence-corrected chi connectivity index (χ1v) is 10.5. The van der Waals surface area contributed by atoms with E-state index in [9.17, 15) is 14.4 Å². The molecule has 0 spiro atoms. The van der Waals surface area contributed by atoms with Gasteiger partial charge in [-0.25, -0.2) is 9.69 Å². The van der Waals surface area contributed by atoms with Gasteiger partial charge in [-0.1, -0.05) is 37.5 Å². The van der Waals surface area contributed by atoms with E-state index >= 15 is 0 Å². The molecule has 4 rings (SSSR count). The second-order valence-corrected chi connectivity index (χ2v) is 8.59. The van der Waals surface area contributed by atoms with Crippen molar-refractivity contribution in [1.82, 2.24) is 15.5 Å². The highest BCUT2D eigenvalue weighted by Crippen LogP contribution is 2.33. The smallest absolute Gasteiger partial charge is 0.326 e. The number of imide groups is 1. The van der Waals surface area contributed by atoms with E-state index in [2.05, 4.69) is 16.7 Å². The van der Waals surface area contributed by atoms with E-state index in [0.717, 1.165) is 55.4 Å². The Morgan fingerprint density at radius 2 is 1.86 bits per heavy atom. The summed E-state index contributed by atoms with van der Waals surface area (Å²) in [5.41, 5.74) is 2.23. The van der Waals surface area contributed by atoms with Crippen LogP contribution in [0.25, 0.3) is 0 Å². The molecule has 3 aliphatic rings. The first kappa shape index (κ1) is 19.0. The Balaban J connectivity index is 1.52. The van der Waals surface area contributed by atoms with Crippen LogP contribution in [0.4, 0.5) is 4.79 Å². The van der Waals surface area contributed by atoms with Gasteiger partial charge < -0.3 is 10.6 Å². The van der Waals surface area contributed by atoms with Crippen LogP contribution >= 0.6 is 0 Å². The van der Waals surface area contributed by atoms with Crippen molar-refractivity contribution in [3.05, 3.63) is 34.9 Å². The summed E-state index contributed by atoms with van der Waals surface area (Å²) in [7, 11) is 0. The SMILES string of the molecule is C[C@@H](C(=O)NC1CCCCC1)N1C(=O)N[C@](C)(c2ccc3c(c2)CCC3)C1=O. The van der Waals surface area contributed by atoms with Crippen molar-refractivity contribution < 1.29 is 14.4 Å². The molecule has 0 unspecified atom stereocenters. The molecule has 1 aliphatic heterocycles. The second-order valence-electron chi connectivity index (χ2n) is 8.59. The summed E-state index contributed by atoms with van der Waals surface area (Å²) in [6, 6.07) is 4.84. The molecule has 1 saturated carbocycles. The quantitative estimate of drug-likeness (QED) is 0.785. The molecular formula is C22H29N3O3. The van der Waals surface area contributed by atoms with Crippen molar-refractivity contribution in [2.75, 3.05) is 0 Å². The molecule has 1 aromatic rings. The third-order valence-corrected chi connectivity index (χ3v) is 6.62. The maximum absolute atomic E-state index is 13.2. The van der Waals surface area contributed by atoms with Crippen molar-refractivity contribution in [3.63, 3.8) is 0 Å². The average molecular weight is 383 g/mol. The van der Waals surface area contributed by atoms with Gasteiger partial charge in [0.15, 0.2) is 0 Å². The number of urea groups is 1. The molecule has 1 heterocycles. The van der Waals surface area contributed by atoms with Gasteiger partial charge in [0.2, 0.25) is 5.91 Å². The van der Waals surface area contributed by atoms with E-state index in [0.29, 0.717) is 0 Å². The largest absolute Gasteiger partial charge is 0.352 e.